The Morgan fingerprint density at radius 3 is 2.68 bits per heavy atom. The molecular weight excluding hydrogens is 253 g/mol. The summed E-state index contributed by atoms with van der Waals surface area (Å²) in [6.45, 7) is 2.96. The van der Waals surface area contributed by atoms with Crippen LogP contribution in [0.3, 0.4) is 0 Å². The molecule has 1 fully saturated rings. The maximum Gasteiger partial charge on any atom is 0.431 e. The van der Waals surface area contributed by atoms with Gasteiger partial charge in [0.25, 0.3) is 0 Å². The molecule has 2 N–H and O–H groups in total. The highest BCUT2D eigenvalue weighted by Crippen LogP contribution is 2.38. The Morgan fingerprint density at radius 1 is 1.26 bits per heavy atom. The number of nitrogens with one attached hydrogen (secondary N) is 2. The van der Waals surface area contributed by atoms with Gasteiger partial charge in [-0.2, -0.15) is 13.2 Å². The monoisotopic (exact) mass is 268 g/mol. The van der Waals surface area contributed by atoms with Gasteiger partial charge in [-0.3, -0.25) is 0 Å². The summed E-state index contributed by atoms with van der Waals surface area (Å²) in [6, 6.07) is 6.62. The molecule has 102 valence electrons. The van der Waals surface area contributed by atoms with Crippen LogP contribution in [0.5, 0.6) is 0 Å². The third kappa shape index (κ3) is 2.02. The van der Waals surface area contributed by atoms with Crippen molar-refractivity contribution in [1.29, 1.82) is 0 Å². The Labute approximate surface area is 109 Å². The van der Waals surface area contributed by atoms with Crippen molar-refractivity contribution < 1.29 is 13.2 Å². The third-order valence-electron chi connectivity index (χ3n) is 3.93. The highest BCUT2D eigenvalue weighted by molar-refractivity contribution is 5.85. The molecule has 2 heterocycles. The van der Waals surface area contributed by atoms with E-state index in [9.17, 15) is 13.2 Å². The Morgan fingerprint density at radius 2 is 2.05 bits per heavy atom. The first kappa shape index (κ1) is 12.5. The quantitative estimate of drug-likeness (QED) is 0.809. The number of benzene rings is 1. The molecule has 0 saturated carbocycles. The minimum Gasteiger partial charge on any atom is -0.351 e. The highest BCUT2D eigenvalue weighted by atomic mass is 19.4. The van der Waals surface area contributed by atoms with Crippen LogP contribution in [0, 0.1) is 0 Å². The molecule has 1 atom stereocenters. The summed E-state index contributed by atoms with van der Waals surface area (Å²) in [5.41, 5.74) is 0.565. The summed E-state index contributed by atoms with van der Waals surface area (Å²) in [5.74, 6) is 0. The van der Waals surface area contributed by atoms with Crippen molar-refractivity contribution in [2.75, 3.05) is 6.54 Å². The molecule has 2 nitrogen and oxygen atoms in total. The van der Waals surface area contributed by atoms with Crippen LogP contribution in [0.25, 0.3) is 10.9 Å². The van der Waals surface area contributed by atoms with Crippen molar-refractivity contribution in [2.45, 2.75) is 31.5 Å². The van der Waals surface area contributed by atoms with E-state index in [1.165, 1.54) is 6.07 Å². The first-order chi connectivity index (χ1) is 8.90. The molecule has 0 spiro atoms. The molecule has 0 aliphatic carbocycles. The van der Waals surface area contributed by atoms with Crippen LogP contribution in [-0.2, 0) is 11.7 Å². The van der Waals surface area contributed by atoms with Crippen LogP contribution in [0.2, 0.25) is 0 Å². The summed E-state index contributed by atoms with van der Waals surface area (Å²) in [4.78, 5) is 2.46. The van der Waals surface area contributed by atoms with E-state index in [1.807, 2.05) is 6.07 Å². The maximum atomic E-state index is 12.8. The number of H-pyrrole nitrogens is 1. The summed E-state index contributed by atoms with van der Waals surface area (Å²) in [7, 11) is 0. The van der Waals surface area contributed by atoms with Crippen LogP contribution in [0.15, 0.2) is 24.3 Å². The van der Waals surface area contributed by atoms with Crippen molar-refractivity contribution in [2.24, 2.45) is 0 Å². The van der Waals surface area contributed by atoms with E-state index in [0.717, 1.165) is 24.9 Å². The van der Waals surface area contributed by atoms with Gasteiger partial charge in [-0.05, 0) is 44.0 Å². The zero-order valence-corrected chi connectivity index (χ0v) is 10.6. The second kappa shape index (κ2) is 4.00. The molecule has 0 radical (unpaired) electrons. The first-order valence-corrected chi connectivity index (χ1v) is 6.35. The average Bonchev–Trinajstić information content (AvgIpc) is 2.94. The van der Waals surface area contributed by atoms with Gasteiger partial charge in [0.05, 0.1) is 0 Å². The van der Waals surface area contributed by atoms with Gasteiger partial charge >= 0.3 is 6.18 Å². The predicted octanol–water partition coefficient (Wildman–Crippen LogP) is 3.79. The molecule has 1 aliphatic heterocycles. The largest absolute Gasteiger partial charge is 0.431 e. The molecule has 5 heteroatoms. The van der Waals surface area contributed by atoms with Gasteiger partial charge in [0, 0.05) is 16.4 Å². The fraction of sp³-hybridized carbons (Fsp3) is 0.429. The lowest BCUT2D eigenvalue weighted by Gasteiger charge is -2.25. The van der Waals surface area contributed by atoms with Gasteiger partial charge in [-0.1, -0.05) is 12.1 Å². The fourth-order valence-corrected chi connectivity index (χ4v) is 2.91. The second-order valence-electron chi connectivity index (χ2n) is 5.31. The molecule has 1 aliphatic rings. The smallest absolute Gasteiger partial charge is 0.351 e. The van der Waals surface area contributed by atoms with E-state index < -0.39 is 11.9 Å². The molecule has 1 aromatic heterocycles. The molecule has 3 rings (SSSR count). The number of aromatic nitrogens is 1. The average molecular weight is 268 g/mol. The van der Waals surface area contributed by atoms with Gasteiger partial charge in [-0.15, -0.1) is 0 Å². The number of rotatable bonds is 1. The minimum atomic E-state index is -4.33. The van der Waals surface area contributed by atoms with Crippen LogP contribution in [-0.4, -0.2) is 11.5 Å². The number of fused-ring (bicyclic) bond motifs is 1. The summed E-state index contributed by atoms with van der Waals surface area (Å²) >= 11 is 0. The summed E-state index contributed by atoms with van der Waals surface area (Å²) in [6.07, 6.45) is -2.34. The number of alkyl halides is 3. The van der Waals surface area contributed by atoms with E-state index in [4.69, 9.17) is 0 Å². The van der Waals surface area contributed by atoms with Crippen LogP contribution in [0.4, 0.5) is 13.2 Å². The standard InChI is InChI=1S/C14H15F3N2/c1-13(6-3-7-18-13)10-4-2-5-11-9(10)8-12(19-11)14(15,16)17/h2,4-5,8,18-19H,3,6-7H2,1H3. The molecule has 1 aromatic carbocycles. The van der Waals surface area contributed by atoms with E-state index >= 15 is 0 Å². The zero-order chi connectivity index (χ0) is 13.7. The van der Waals surface area contributed by atoms with Crippen LogP contribution >= 0.6 is 0 Å². The van der Waals surface area contributed by atoms with Gasteiger partial charge in [0.1, 0.15) is 5.69 Å². The molecule has 2 aromatic rings. The Hall–Kier alpha value is -1.49. The molecule has 19 heavy (non-hydrogen) atoms. The van der Waals surface area contributed by atoms with Gasteiger partial charge in [0.2, 0.25) is 0 Å². The lowest BCUT2D eigenvalue weighted by Crippen LogP contribution is -2.33. The molecule has 0 amide bonds. The summed E-state index contributed by atoms with van der Waals surface area (Å²) in [5, 5.41) is 4.05. The predicted molar refractivity (Wildman–Crippen MR) is 67.9 cm³/mol. The van der Waals surface area contributed by atoms with Crippen LogP contribution in [0.1, 0.15) is 31.0 Å². The van der Waals surface area contributed by atoms with E-state index in [1.54, 1.807) is 12.1 Å². The van der Waals surface area contributed by atoms with Crippen molar-refractivity contribution in [3.05, 3.63) is 35.5 Å². The Kier molecular flexibility index (Phi) is 2.64. The zero-order valence-electron chi connectivity index (χ0n) is 10.6. The normalized spacial score (nSPS) is 24.2. The lowest BCUT2D eigenvalue weighted by molar-refractivity contribution is -0.140. The number of halogens is 3. The molecule has 1 saturated heterocycles. The van der Waals surface area contributed by atoms with E-state index in [-0.39, 0.29) is 5.54 Å². The Balaban J connectivity index is 2.18. The highest BCUT2D eigenvalue weighted by Gasteiger charge is 2.35. The molecular formula is C14H15F3N2. The van der Waals surface area contributed by atoms with Crippen LogP contribution < -0.4 is 5.32 Å². The van der Waals surface area contributed by atoms with Gasteiger partial charge in [-0.25, -0.2) is 0 Å². The third-order valence-corrected chi connectivity index (χ3v) is 3.93. The van der Waals surface area contributed by atoms with Gasteiger partial charge in [0.15, 0.2) is 0 Å². The topological polar surface area (TPSA) is 27.8 Å². The van der Waals surface area contributed by atoms with E-state index in [2.05, 4.69) is 17.2 Å². The van der Waals surface area contributed by atoms with Crippen molar-refractivity contribution in [3.8, 4) is 0 Å². The number of hydrogen-bond acceptors (Lipinski definition) is 1. The fourth-order valence-electron chi connectivity index (χ4n) is 2.91. The van der Waals surface area contributed by atoms with Crippen molar-refractivity contribution >= 4 is 10.9 Å². The second-order valence-corrected chi connectivity index (χ2v) is 5.31. The molecule has 1 unspecified atom stereocenters. The molecule has 0 bridgehead atoms. The lowest BCUT2D eigenvalue weighted by atomic mass is 9.88. The first-order valence-electron chi connectivity index (χ1n) is 6.35. The van der Waals surface area contributed by atoms with E-state index in [0.29, 0.717) is 10.9 Å². The number of hydrogen-bond donors (Lipinski definition) is 2. The maximum absolute atomic E-state index is 12.8. The summed E-state index contributed by atoms with van der Waals surface area (Å²) < 4.78 is 38.4. The Bertz CT molecular complexity index is 607. The van der Waals surface area contributed by atoms with Gasteiger partial charge < -0.3 is 10.3 Å². The minimum absolute atomic E-state index is 0.232. The van der Waals surface area contributed by atoms with Crippen molar-refractivity contribution in [1.82, 2.24) is 10.3 Å². The van der Waals surface area contributed by atoms with Crippen molar-refractivity contribution in [3.63, 3.8) is 0 Å². The number of aromatic amines is 1. The SMILES string of the molecule is CC1(c2cccc3[nH]c(C(F)(F)F)cc23)CCCN1.